The van der Waals surface area contributed by atoms with Gasteiger partial charge in [0.05, 0.1) is 35.9 Å². The Labute approximate surface area is 258 Å². The van der Waals surface area contributed by atoms with Gasteiger partial charge >= 0.3 is 5.97 Å². The number of aryl methyl sites for hydroxylation is 1. The zero-order valence-electron chi connectivity index (χ0n) is 24.8. The van der Waals surface area contributed by atoms with Crippen LogP contribution in [0.15, 0.2) is 41.6 Å². The maximum Gasteiger partial charge on any atom is 0.337 e. The van der Waals surface area contributed by atoms with Crippen molar-refractivity contribution in [2.45, 2.75) is 75.1 Å². The lowest BCUT2D eigenvalue weighted by Crippen LogP contribution is -2.49. The van der Waals surface area contributed by atoms with Gasteiger partial charge < -0.3 is 19.2 Å². The van der Waals surface area contributed by atoms with Crippen molar-refractivity contribution < 1.29 is 27.5 Å². The second kappa shape index (κ2) is 11.9. The van der Waals surface area contributed by atoms with Crippen molar-refractivity contribution in [1.82, 2.24) is 0 Å². The van der Waals surface area contributed by atoms with Crippen LogP contribution in [0.3, 0.4) is 0 Å². The molecule has 1 unspecified atom stereocenters. The molecule has 11 heteroatoms. The minimum absolute atomic E-state index is 0.0193. The molecule has 0 bridgehead atoms. The normalized spacial score (nSPS) is 27.1. The number of fused-ring (bicyclic) bond motifs is 3. The molecule has 0 aromatic heterocycles. The smallest absolute Gasteiger partial charge is 0.337 e. The number of esters is 1. The van der Waals surface area contributed by atoms with Crippen LogP contribution in [-0.2, 0) is 31.4 Å². The SMILES string of the molecule is COC(=O)c1ccc2c(c1)N(C[C@@H]1CC[C@H]1[C@H]1CC(CC[C@@H](C)S(N)(=O)=O)=NO1)CC1(CCCc3cc(Cl)ccc31)CO2. The molecule has 0 radical (unpaired) electrons. The van der Waals surface area contributed by atoms with Crippen molar-refractivity contribution >= 4 is 39.0 Å². The van der Waals surface area contributed by atoms with Crippen LogP contribution in [0.1, 0.15) is 73.4 Å². The van der Waals surface area contributed by atoms with Crippen LogP contribution in [0.5, 0.6) is 5.75 Å². The number of primary sulfonamides is 1. The highest BCUT2D eigenvalue weighted by Gasteiger charge is 2.46. The summed E-state index contributed by atoms with van der Waals surface area (Å²) in [7, 11) is -2.16. The van der Waals surface area contributed by atoms with Gasteiger partial charge in [-0.25, -0.2) is 18.4 Å². The van der Waals surface area contributed by atoms with Crippen LogP contribution in [0, 0.1) is 11.8 Å². The number of carbonyl (C=O) groups is 1. The van der Waals surface area contributed by atoms with Gasteiger partial charge in [0.15, 0.2) is 0 Å². The molecule has 1 spiro atoms. The van der Waals surface area contributed by atoms with Gasteiger partial charge in [0, 0.05) is 35.9 Å². The van der Waals surface area contributed by atoms with Crippen LogP contribution in [-0.4, -0.2) is 58.3 Å². The summed E-state index contributed by atoms with van der Waals surface area (Å²) in [5.41, 5.74) is 4.68. The fourth-order valence-corrected chi connectivity index (χ4v) is 7.95. The predicted octanol–water partition coefficient (Wildman–Crippen LogP) is 5.23. The number of hydrogen-bond acceptors (Lipinski definition) is 8. The van der Waals surface area contributed by atoms with E-state index in [0.29, 0.717) is 43.3 Å². The Morgan fingerprint density at radius 2 is 2.09 bits per heavy atom. The fraction of sp³-hybridized carbons (Fsp3) is 0.562. The minimum Gasteiger partial charge on any atom is -0.490 e. The molecule has 2 aliphatic carbocycles. The standard InChI is InChI=1S/C32H40ClN3O6S/c1-20(43(34,38)39)5-9-25-16-30(42-35-25)26-10-6-23(26)17-36-18-32(13-3-4-21-14-24(33)8-11-27(21)32)19-41-29-12-7-22(15-28(29)36)31(37)40-2/h7-8,11-12,14-15,20,23,26,30H,3-6,9-10,13,16-19H2,1-2H3,(H2,34,38,39)/t20-,23+,26-,30-,32?/m1/s1. The van der Waals surface area contributed by atoms with Gasteiger partial charge in [-0.1, -0.05) is 22.8 Å². The van der Waals surface area contributed by atoms with Gasteiger partial charge in [0.25, 0.3) is 0 Å². The van der Waals surface area contributed by atoms with E-state index in [4.69, 9.17) is 31.1 Å². The van der Waals surface area contributed by atoms with Crippen LogP contribution in [0.4, 0.5) is 5.69 Å². The van der Waals surface area contributed by atoms with Gasteiger partial charge in [0.2, 0.25) is 10.0 Å². The average Bonchev–Trinajstić information content (AvgIpc) is 3.36. The van der Waals surface area contributed by atoms with Crippen LogP contribution in [0.25, 0.3) is 0 Å². The number of oxime groups is 1. The molecule has 232 valence electrons. The highest BCUT2D eigenvalue weighted by atomic mass is 35.5. The van der Waals surface area contributed by atoms with Crippen molar-refractivity contribution in [1.29, 1.82) is 0 Å². The van der Waals surface area contributed by atoms with Gasteiger partial charge in [-0.3, -0.25) is 0 Å². The lowest BCUT2D eigenvalue weighted by atomic mass is 9.68. The van der Waals surface area contributed by atoms with E-state index < -0.39 is 15.3 Å². The number of ether oxygens (including phenoxy) is 2. The summed E-state index contributed by atoms with van der Waals surface area (Å²) in [6, 6.07) is 11.8. The number of rotatable bonds is 8. The van der Waals surface area contributed by atoms with Crippen molar-refractivity contribution in [3.05, 3.63) is 58.1 Å². The van der Waals surface area contributed by atoms with E-state index in [1.165, 1.54) is 18.2 Å². The summed E-state index contributed by atoms with van der Waals surface area (Å²) in [6.07, 6.45) is 6.87. The van der Waals surface area contributed by atoms with E-state index in [-0.39, 0.29) is 17.5 Å². The van der Waals surface area contributed by atoms with Crippen molar-refractivity contribution in [2.24, 2.45) is 22.1 Å². The molecule has 2 aromatic rings. The van der Waals surface area contributed by atoms with Crippen LogP contribution in [0.2, 0.25) is 5.02 Å². The molecule has 43 heavy (non-hydrogen) atoms. The fourth-order valence-electron chi connectivity index (χ4n) is 7.31. The largest absolute Gasteiger partial charge is 0.490 e. The third-order valence-corrected chi connectivity index (χ3v) is 11.6. The van der Waals surface area contributed by atoms with E-state index >= 15 is 0 Å². The van der Waals surface area contributed by atoms with Crippen LogP contribution < -0.4 is 14.8 Å². The maximum absolute atomic E-state index is 12.5. The van der Waals surface area contributed by atoms with E-state index in [1.54, 1.807) is 13.0 Å². The van der Waals surface area contributed by atoms with Crippen LogP contribution >= 0.6 is 11.6 Å². The number of carbonyl (C=O) groups excluding carboxylic acids is 1. The Balaban J connectivity index is 1.23. The molecule has 1 fully saturated rings. The summed E-state index contributed by atoms with van der Waals surface area (Å²) < 4.78 is 34.9. The Kier molecular flexibility index (Phi) is 8.39. The van der Waals surface area contributed by atoms with Gasteiger partial charge in [-0.2, -0.15) is 0 Å². The molecule has 6 rings (SSSR count). The van der Waals surface area contributed by atoms with Gasteiger partial charge in [0.1, 0.15) is 11.9 Å². The number of nitrogens with zero attached hydrogens (tertiary/aromatic N) is 2. The number of benzene rings is 2. The molecular weight excluding hydrogens is 590 g/mol. The molecule has 1 saturated carbocycles. The van der Waals surface area contributed by atoms with Crippen molar-refractivity contribution in [3.63, 3.8) is 0 Å². The first-order chi connectivity index (χ1) is 20.6. The summed E-state index contributed by atoms with van der Waals surface area (Å²) >= 11 is 6.40. The van der Waals surface area contributed by atoms with E-state index in [9.17, 15) is 13.2 Å². The number of halogens is 1. The molecule has 2 aliphatic heterocycles. The number of hydrogen-bond donors (Lipinski definition) is 1. The summed E-state index contributed by atoms with van der Waals surface area (Å²) in [4.78, 5) is 20.9. The number of anilines is 1. The molecule has 2 N–H and O–H groups in total. The Bertz CT molecular complexity index is 1530. The summed E-state index contributed by atoms with van der Waals surface area (Å²) in [5, 5.41) is 9.77. The lowest BCUT2D eigenvalue weighted by molar-refractivity contribution is -0.0213. The minimum atomic E-state index is -3.56. The molecule has 4 aliphatic rings. The number of methoxy groups -OCH3 is 1. The summed E-state index contributed by atoms with van der Waals surface area (Å²) in [5.74, 6) is 1.11. The quantitative estimate of drug-likeness (QED) is 0.397. The molecule has 0 amide bonds. The second-order valence-corrected chi connectivity index (χ2v) is 15.1. The molecule has 0 saturated heterocycles. The zero-order valence-corrected chi connectivity index (χ0v) is 26.3. The van der Waals surface area contributed by atoms with E-state index in [2.05, 4.69) is 22.2 Å². The first kappa shape index (κ1) is 30.2. The van der Waals surface area contributed by atoms with Crippen molar-refractivity contribution in [2.75, 3.05) is 31.7 Å². The Morgan fingerprint density at radius 1 is 1.26 bits per heavy atom. The molecule has 9 nitrogen and oxygen atoms in total. The van der Waals surface area contributed by atoms with E-state index in [0.717, 1.165) is 67.4 Å². The third-order valence-electron chi connectivity index (χ3n) is 10.0. The van der Waals surface area contributed by atoms with Gasteiger partial charge in [-0.05, 0) is 99.2 Å². The average molecular weight is 630 g/mol. The maximum atomic E-state index is 12.5. The lowest BCUT2D eigenvalue weighted by Gasteiger charge is -2.45. The van der Waals surface area contributed by atoms with Crippen molar-refractivity contribution in [3.8, 4) is 5.75 Å². The Hall–Kier alpha value is -2.82. The first-order valence-electron chi connectivity index (χ1n) is 15.2. The molecule has 5 atom stereocenters. The highest BCUT2D eigenvalue weighted by Crippen LogP contribution is 2.47. The summed E-state index contributed by atoms with van der Waals surface area (Å²) in [6.45, 7) is 3.75. The number of sulfonamides is 1. The zero-order chi connectivity index (χ0) is 30.4. The topological polar surface area (TPSA) is 121 Å². The molecule has 2 heterocycles. The second-order valence-electron chi connectivity index (χ2n) is 12.7. The first-order valence-corrected chi connectivity index (χ1v) is 17.2. The number of nitrogens with two attached hydrogens (primary N) is 1. The predicted molar refractivity (Wildman–Crippen MR) is 166 cm³/mol. The monoisotopic (exact) mass is 629 g/mol. The third kappa shape index (κ3) is 6.11. The molecule has 2 aromatic carbocycles. The van der Waals surface area contributed by atoms with E-state index in [1.807, 2.05) is 18.2 Å². The Morgan fingerprint density at radius 3 is 2.84 bits per heavy atom. The molecular formula is C32H40ClN3O6S. The highest BCUT2D eigenvalue weighted by molar-refractivity contribution is 7.89. The van der Waals surface area contributed by atoms with Gasteiger partial charge in [-0.15, -0.1) is 0 Å².